The first kappa shape index (κ1) is 21.4. The molecule has 0 N–H and O–H groups in total. The van der Waals surface area contributed by atoms with Crippen LogP contribution in [0.2, 0.25) is 0 Å². The van der Waals surface area contributed by atoms with Crippen molar-refractivity contribution < 1.29 is 17.9 Å². The van der Waals surface area contributed by atoms with Crippen molar-refractivity contribution in [2.24, 2.45) is 0 Å². The van der Waals surface area contributed by atoms with E-state index in [4.69, 9.17) is 4.74 Å². The van der Waals surface area contributed by atoms with Crippen LogP contribution in [0.3, 0.4) is 0 Å². The van der Waals surface area contributed by atoms with Gasteiger partial charge in [-0.1, -0.05) is 19.1 Å². The molecule has 0 bridgehead atoms. The highest BCUT2D eigenvalue weighted by Gasteiger charge is 2.34. The SMILES string of the molecule is CCCN(C(=O)c1cccc(OCc2cn3cc(C)ccc3n2)c1)C1CCS(=O)(=O)C1. The number of hydrogen-bond acceptors (Lipinski definition) is 5. The third kappa shape index (κ3) is 4.90. The first-order valence-electron chi connectivity index (χ1n) is 10.5. The van der Waals surface area contributed by atoms with E-state index >= 15 is 0 Å². The number of ether oxygens (including phenoxy) is 1. The highest BCUT2D eigenvalue weighted by molar-refractivity contribution is 7.91. The number of hydrogen-bond donors (Lipinski definition) is 0. The molecule has 1 atom stereocenters. The Hall–Kier alpha value is -2.87. The van der Waals surface area contributed by atoms with Gasteiger partial charge in [-0.3, -0.25) is 4.79 Å². The average molecular weight is 442 g/mol. The van der Waals surface area contributed by atoms with Crippen LogP contribution < -0.4 is 4.74 Å². The van der Waals surface area contributed by atoms with Crippen molar-refractivity contribution in [2.45, 2.75) is 39.3 Å². The molecule has 0 aliphatic carbocycles. The number of benzene rings is 1. The molecule has 1 amide bonds. The van der Waals surface area contributed by atoms with Crippen LogP contribution in [0.1, 0.15) is 41.4 Å². The zero-order chi connectivity index (χ0) is 22.0. The summed E-state index contributed by atoms with van der Waals surface area (Å²) in [5, 5.41) is 0. The average Bonchev–Trinajstić information content (AvgIpc) is 3.32. The number of amides is 1. The zero-order valence-corrected chi connectivity index (χ0v) is 18.6. The van der Waals surface area contributed by atoms with Gasteiger partial charge in [0.05, 0.1) is 17.2 Å². The normalized spacial score (nSPS) is 17.7. The first-order valence-corrected chi connectivity index (χ1v) is 12.4. The molecule has 0 saturated carbocycles. The summed E-state index contributed by atoms with van der Waals surface area (Å²) < 4.78 is 31.7. The molecule has 1 fully saturated rings. The Bertz CT molecular complexity index is 1200. The molecule has 1 unspecified atom stereocenters. The Morgan fingerprint density at radius 2 is 2.10 bits per heavy atom. The molecule has 4 rings (SSSR count). The number of fused-ring (bicyclic) bond motifs is 1. The van der Waals surface area contributed by atoms with E-state index < -0.39 is 9.84 Å². The number of aromatic nitrogens is 2. The van der Waals surface area contributed by atoms with Crippen LogP contribution in [-0.4, -0.2) is 52.7 Å². The Kier molecular flexibility index (Phi) is 6.00. The van der Waals surface area contributed by atoms with Gasteiger partial charge in [-0.2, -0.15) is 0 Å². The highest BCUT2D eigenvalue weighted by atomic mass is 32.2. The first-order chi connectivity index (χ1) is 14.8. The Morgan fingerprint density at radius 3 is 2.84 bits per heavy atom. The lowest BCUT2D eigenvalue weighted by Gasteiger charge is -2.28. The van der Waals surface area contributed by atoms with Gasteiger partial charge in [-0.15, -0.1) is 0 Å². The molecule has 7 nitrogen and oxygen atoms in total. The van der Waals surface area contributed by atoms with Crippen LogP contribution in [0.4, 0.5) is 0 Å². The molecule has 0 radical (unpaired) electrons. The van der Waals surface area contributed by atoms with Crippen molar-refractivity contribution in [3.8, 4) is 5.75 Å². The summed E-state index contributed by atoms with van der Waals surface area (Å²) in [6.07, 6.45) is 5.21. The summed E-state index contributed by atoms with van der Waals surface area (Å²) in [6.45, 7) is 4.84. The third-order valence-corrected chi connectivity index (χ3v) is 7.24. The van der Waals surface area contributed by atoms with E-state index in [-0.39, 0.29) is 30.1 Å². The van der Waals surface area contributed by atoms with E-state index in [0.717, 1.165) is 23.3 Å². The summed E-state index contributed by atoms with van der Waals surface area (Å²) in [5.74, 6) is 0.613. The van der Waals surface area contributed by atoms with Crippen LogP contribution in [-0.2, 0) is 16.4 Å². The predicted molar refractivity (Wildman–Crippen MR) is 119 cm³/mol. The molecule has 1 aromatic carbocycles. The van der Waals surface area contributed by atoms with Gasteiger partial charge in [0.2, 0.25) is 0 Å². The molecule has 1 aliphatic rings. The number of imidazole rings is 1. The van der Waals surface area contributed by atoms with E-state index in [1.807, 2.05) is 42.8 Å². The number of sulfone groups is 1. The number of carbonyl (C=O) groups is 1. The van der Waals surface area contributed by atoms with Crippen LogP contribution in [0.25, 0.3) is 5.65 Å². The van der Waals surface area contributed by atoms with E-state index in [2.05, 4.69) is 4.98 Å². The van der Waals surface area contributed by atoms with Gasteiger partial charge in [-0.25, -0.2) is 13.4 Å². The smallest absolute Gasteiger partial charge is 0.254 e. The molecule has 3 aromatic rings. The number of rotatable bonds is 7. The molecule has 8 heteroatoms. The van der Waals surface area contributed by atoms with Crippen LogP contribution >= 0.6 is 0 Å². The van der Waals surface area contributed by atoms with Gasteiger partial charge in [0.25, 0.3) is 5.91 Å². The number of carbonyl (C=O) groups excluding carboxylic acids is 1. The number of pyridine rings is 1. The highest BCUT2D eigenvalue weighted by Crippen LogP contribution is 2.22. The maximum absolute atomic E-state index is 13.2. The van der Waals surface area contributed by atoms with Gasteiger partial charge in [0, 0.05) is 30.5 Å². The van der Waals surface area contributed by atoms with Gasteiger partial charge < -0.3 is 14.0 Å². The van der Waals surface area contributed by atoms with E-state index in [1.165, 1.54) is 0 Å². The molecule has 31 heavy (non-hydrogen) atoms. The second kappa shape index (κ2) is 8.70. The van der Waals surface area contributed by atoms with Crippen molar-refractivity contribution >= 4 is 21.4 Å². The quantitative estimate of drug-likeness (QED) is 0.562. The Morgan fingerprint density at radius 1 is 1.26 bits per heavy atom. The summed E-state index contributed by atoms with van der Waals surface area (Å²) >= 11 is 0. The van der Waals surface area contributed by atoms with Crippen molar-refractivity contribution in [1.82, 2.24) is 14.3 Å². The summed E-state index contributed by atoms with van der Waals surface area (Å²) in [6, 6.07) is 10.8. The van der Waals surface area contributed by atoms with Crippen molar-refractivity contribution in [1.29, 1.82) is 0 Å². The van der Waals surface area contributed by atoms with Crippen LogP contribution in [0.5, 0.6) is 5.75 Å². The Labute approximate surface area is 182 Å². The Balaban J connectivity index is 1.47. The van der Waals surface area contributed by atoms with Gasteiger partial charge >= 0.3 is 0 Å². The lowest BCUT2D eigenvalue weighted by atomic mass is 10.1. The van der Waals surface area contributed by atoms with Crippen LogP contribution in [0, 0.1) is 6.92 Å². The second-order valence-corrected chi connectivity index (χ2v) is 10.3. The maximum atomic E-state index is 13.2. The number of nitrogens with zero attached hydrogens (tertiary/aromatic N) is 3. The molecule has 164 valence electrons. The number of aryl methyl sites for hydroxylation is 1. The van der Waals surface area contributed by atoms with Gasteiger partial charge in [-0.05, 0) is 49.6 Å². The summed E-state index contributed by atoms with van der Waals surface area (Å²) in [5.41, 5.74) is 3.30. The fourth-order valence-electron chi connectivity index (χ4n) is 3.98. The van der Waals surface area contributed by atoms with Gasteiger partial charge in [0.1, 0.15) is 18.0 Å². The molecule has 0 spiro atoms. The van der Waals surface area contributed by atoms with Crippen molar-refractivity contribution in [2.75, 3.05) is 18.1 Å². The topological polar surface area (TPSA) is 81.0 Å². The third-order valence-electron chi connectivity index (χ3n) is 5.49. The van der Waals surface area contributed by atoms with Crippen molar-refractivity contribution in [3.63, 3.8) is 0 Å². The summed E-state index contributed by atoms with van der Waals surface area (Å²) in [4.78, 5) is 19.4. The van der Waals surface area contributed by atoms with Crippen molar-refractivity contribution in [3.05, 3.63) is 65.6 Å². The van der Waals surface area contributed by atoms with Gasteiger partial charge in [0.15, 0.2) is 9.84 Å². The lowest BCUT2D eigenvalue weighted by Crippen LogP contribution is -2.41. The van der Waals surface area contributed by atoms with Crippen LogP contribution in [0.15, 0.2) is 48.8 Å². The minimum atomic E-state index is -3.06. The molecule has 2 aromatic heterocycles. The fraction of sp³-hybridized carbons (Fsp3) is 0.391. The van der Waals surface area contributed by atoms with E-state index in [9.17, 15) is 13.2 Å². The van der Waals surface area contributed by atoms with E-state index in [0.29, 0.717) is 24.3 Å². The zero-order valence-electron chi connectivity index (χ0n) is 17.8. The lowest BCUT2D eigenvalue weighted by molar-refractivity contribution is 0.0696. The fourth-order valence-corrected chi connectivity index (χ4v) is 5.71. The minimum Gasteiger partial charge on any atom is -0.487 e. The van der Waals surface area contributed by atoms with E-state index in [1.54, 1.807) is 29.2 Å². The standard InChI is InChI=1S/C23H27N3O4S/c1-3-10-26(20-9-11-31(28,29)16-20)23(27)18-5-4-6-21(12-18)30-15-19-14-25-13-17(2)7-8-22(25)24-19/h4-8,12-14,20H,3,9-11,15-16H2,1-2H3. The second-order valence-electron chi connectivity index (χ2n) is 8.08. The monoisotopic (exact) mass is 441 g/mol. The largest absolute Gasteiger partial charge is 0.487 e. The molecular formula is C23H27N3O4S. The minimum absolute atomic E-state index is 0.0439. The molecule has 1 saturated heterocycles. The molecule has 3 heterocycles. The molecule has 1 aliphatic heterocycles. The predicted octanol–water partition coefficient (Wildman–Crippen LogP) is 3.26. The maximum Gasteiger partial charge on any atom is 0.254 e. The summed E-state index contributed by atoms with van der Waals surface area (Å²) in [7, 11) is -3.06. The molecular weight excluding hydrogens is 414 g/mol.